The minimum atomic E-state index is -0.706. The Morgan fingerprint density at radius 1 is 1.27 bits per heavy atom. The average molecular weight is 411 g/mol. The molecule has 9 heteroatoms. The van der Waals surface area contributed by atoms with Crippen molar-refractivity contribution in [2.75, 3.05) is 17.7 Å². The van der Waals surface area contributed by atoms with Gasteiger partial charge >= 0.3 is 5.69 Å². The van der Waals surface area contributed by atoms with Crippen molar-refractivity contribution in [1.82, 2.24) is 14.5 Å². The number of benzene rings is 1. The van der Waals surface area contributed by atoms with Gasteiger partial charge < -0.3 is 15.1 Å². The highest BCUT2D eigenvalue weighted by atomic mass is 16.4. The van der Waals surface area contributed by atoms with Crippen LogP contribution in [-0.4, -0.2) is 27.5 Å². The molecule has 0 aliphatic carbocycles. The molecule has 0 saturated heterocycles. The number of hydrogen-bond donors (Lipinski definition) is 2. The maximum atomic E-state index is 12.9. The topological polar surface area (TPSA) is 127 Å². The highest BCUT2D eigenvalue weighted by Crippen LogP contribution is 2.23. The van der Waals surface area contributed by atoms with Crippen LogP contribution < -0.4 is 21.9 Å². The number of H-pyrrole nitrogens is 1. The first-order chi connectivity index (χ1) is 14.3. The monoisotopic (exact) mass is 411 g/mol. The van der Waals surface area contributed by atoms with E-state index in [0.29, 0.717) is 30.3 Å². The maximum absolute atomic E-state index is 12.9. The average Bonchev–Trinajstić information content (AvgIpc) is 3.08. The smallest absolute Gasteiger partial charge is 0.330 e. The van der Waals surface area contributed by atoms with Gasteiger partial charge in [0.25, 0.3) is 5.56 Å². The zero-order chi connectivity index (χ0) is 21.8. The van der Waals surface area contributed by atoms with E-state index in [1.807, 2.05) is 37.3 Å². The van der Waals surface area contributed by atoms with Gasteiger partial charge in [0, 0.05) is 19.2 Å². The number of nitrogen functional groups attached to an aromatic ring is 1. The van der Waals surface area contributed by atoms with Crippen molar-refractivity contribution in [3.05, 3.63) is 62.6 Å². The van der Waals surface area contributed by atoms with Gasteiger partial charge in [-0.2, -0.15) is 0 Å². The van der Waals surface area contributed by atoms with Crippen LogP contribution in [0, 0.1) is 6.92 Å². The second-order valence-corrected chi connectivity index (χ2v) is 7.02. The number of nitrogens with one attached hydrogen (secondary N) is 1. The molecule has 0 unspecified atom stereocenters. The van der Waals surface area contributed by atoms with Gasteiger partial charge in [-0.1, -0.05) is 31.5 Å². The van der Waals surface area contributed by atoms with Gasteiger partial charge in [0.1, 0.15) is 11.6 Å². The van der Waals surface area contributed by atoms with E-state index in [1.54, 1.807) is 6.92 Å². The first-order valence-corrected chi connectivity index (χ1v) is 9.74. The van der Waals surface area contributed by atoms with E-state index < -0.39 is 17.2 Å². The predicted octanol–water partition coefficient (Wildman–Crippen LogP) is 2.09. The Hall–Kier alpha value is -3.62. The molecule has 3 N–H and O–H groups in total. The molecule has 2 heterocycles. The number of aryl methyl sites for hydroxylation is 1. The summed E-state index contributed by atoms with van der Waals surface area (Å²) in [5, 5.41) is 0. The molecule has 0 spiro atoms. The highest BCUT2D eigenvalue weighted by Gasteiger charge is 2.23. The molecule has 0 bridgehead atoms. The summed E-state index contributed by atoms with van der Waals surface area (Å²) < 4.78 is 6.97. The number of carbonyl (C=O) groups excluding carboxylic acids is 1. The van der Waals surface area contributed by atoms with Crippen molar-refractivity contribution in [2.24, 2.45) is 0 Å². The number of carbonyl (C=O) groups is 1. The Morgan fingerprint density at radius 3 is 2.63 bits per heavy atom. The number of oxazole rings is 1. The van der Waals surface area contributed by atoms with E-state index in [-0.39, 0.29) is 17.9 Å². The fourth-order valence-corrected chi connectivity index (χ4v) is 3.12. The molecule has 0 saturated carbocycles. The Morgan fingerprint density at radius 2 is 1.97 bits per heavy atom. The van der Waals surface area contributed by atoms with Gasteiger partial charge in [0.15, 0.2) is 5.69 Å². The molecule has 30 heavy (non-hydrogen) atoms. The molecule has 1 amide bonds. The Kier molecular flexibility index (Phi) is 6.20. The molecule has 1 aromatic carbocycles. The lowest BCUT2D eigenvalue weighted by molar-refractivity contribution is -0.117. The lowest BCUT2D eigenvalue weighted by Gasteiger charge is -2.20. The first kappa shape index (κ1) is 21.1. The normalized spacial score (nSPS) is 10.9. The van der Waals surface area contributed by atoms with Crippen LogP contribution in [0.4, 0.5) is 11.5 Å². The zero-order valence-corrected chi connectivity index (χ0v) is 17.3. The minimum absolute atomic E-state index is 0.0325. The SMILES string of the molecule is CCCCn1c(N)c(N(C)C(=O)Cc2nc(-c3ccccc3)oc2C)c(=O)[nH]c1=O. The number of rotatable bonds is 7. The van der Waals surface area contributed by atoms with Crippen LogP contribution in [0.3, 0.4) is 0 Å². The van der Waals surface area contributed by atoms with Crippen molar-refractivity contribution in [1.29, 1.82) is 0 Å². The third-order valence-corrected chi connectivity index (χ3v) is 4.89. The number of hydrogen-bond acceptors (Lipinski definition) is 6. The molecular weight excluding hydrogens is 386 g/mol. The molecule has 0 fully saturated rings. The van der Waals surface area contributed by atoms with Crippen molar-refractivity contribution in [2.45, 2.75) is 39.7 Å². The maximum Gasteiger partial charge on any atom is 0.330 e. The number of amides is 1. The van der Waals surface area contributed by atoms with Crippen molar-refractivity contribution in [3.63, 3.8) is 0 Å². The number of nitrogens with zero attached hydrogens (tertiary/aromatic N) is 3. The Labute approximate surface area is 173 Å². The van der Waals surface area contributed by atoms with E-state index in [9.17, 15) is 14.4 Å². The number of anilines is 2. The molecule has 0 radical (unpaired) electrons. The van der Waals surface area contributed by atoms with Crippen molar-refractivity contribution in [3.8, 4) is 11.5 Å². The molecule has 9 nitrogen and oxygen atoms in total. The van der Waals surface area contributed by atoms with E-state index in [0.717, 1.165) is 16.9 Å². The second-order valence-electron chi connectivity index (χ2n) is 7.02. The summed E-state index contributed by atoms with van der Waals surface area (Å²) in [5.41, 5.74) is 6.01. The standard InChI is InChI=1S/C21H25N5O4/c1-4-5-11-26-18(22)17(19(28)24-21(26)29)25(3)16(27)12-15-13(2)30-20(23-15)14-9-7-6-8-10-14/h6-10H,4-5,11-12,22H2,1-3H3,(H,24,28,29). The van der Waals surface area contributed by atoms with Crippen LogP contribution in [-0.2, 0) is 17.8 Å². The van der Waals surface area contributed by atoms with Gasteiger partial charge in [-0.3, -0.25) is 19.1 Å². The predicted molar refractivity (Wildman–Crippen MR) is 114 cm³/mol. The van der Waals surface area contributed by atoms with Crippen LogP contribution in [0.15, 0.2) is 44.3 Å². The van der Waals surface area contributed by atoms with E-state index in [2.05, 4.69) is 9.97 Å². The number of aromatic amines is 1. The van der Waals surface area contributed by atoms with Gasteiger partial charge in [-0.15, -0.1) is 0 Å². The molecule has 0 atom stereocenters. The fourth-order valence-electron chi connectivity index (χ4n) is 3.12. The third kappa shape index (κ3) is 4.19. The Bertz CT molecular complexity index is 1160. The first-order valence-electron chi connectivity index (χ1n) is 9.74. The number of unbranched alkanes of at least 4 members (excludes halogenated alkanes) is 1. The molecule has 0 aliphatic rings. The fraction of sp³-hybridized carbons (Fsp3) is 0.333. The van der Waals surface area contributed by atoms with Gasteiger partial charge in [0.2, 0.25) is 11.8 Å². The number of aromatic nitrogens is 3. The van der Waals surface area contributed by atoms with Crippen molar-refractivity contribution >= 4 is 17.4 Å². The number of likely N-dealkylation sites (N-methyl/N-ethyl adjacent to an activating group) is 1. The zero-order valence-electron chi connectivity index (χ0n) is 17.3. The molecule has 2 aromatic heterocycles. The van der Waals surface area contributed by atoms with Crippen molar-refractivity contribution < 1.29 is 9.21 Å². The molecule has 0 aliphatic heterocycles. The summed E-state index contributed by atoms with van der Waals surface area (Å²) in [7, 11) is 1.45. The summed E-state index contributed by atoms with van der Waals surface area (Å²) in [4.78, 5) is 45.1. The number of nitrogens with two attached hydrogens (primary N) is 1. The third-order valence-electron chi connectivity index (χ3n) is 4.89. The van der Waals surface area contributed by atoms with Gasteiger partial charge in [-0.05, 0) is 25.5 Å². The summed E-state index contributed by atoms with van der Waals surface area (Å²) in [6, 6.07) is 9.36. The largest absolute Gasteiger partial charge is 0.441 e. The van der Waals surface area contributed by atoms with Gasteiger partial charge in [0.05, 0.1) is 12.1 Å². The van der Waals surface area contributed by atoms with Crippen LogP contribution in [0.2, 0.25) is 0 Å². The van der Waals surface area contributed by atoms with Crippen LogP contribution >= 0.6 is 0 Å². The molecule has 3 rings (SSSR count). The van der Waals surface area contributed by atoms with Crippen LogP contribution in [0.1, 0.15) is 31.2 Å². The van der Waals surface area contributed by atoms with E-state index in [1.165, 1.54) is 11.6 Å². The van der Waals surface area contributed by atoms with Crippen LogP contribution in [0.25, 0.3) is 11.5 Å². The van der Waals surface area contributed by atoms with E-state index >= 15 is 0 Å². The highest BCUT2D eigenvalue weighted by molar-refractivity contribution is 5.96. The minimum Gasteiger partial charge on any atom is -0.441 e. The summed E-state index contributed by atoms with van der Waals surface area (Å²) in [6.07, 6.45) is 1.49. The van der Waals surface area contributed by atoms with Gasteiger partial charge in [-0.25, -0.2) is 9.78 Å². The quantitative estimate of drug-likeness (QED) is 0.613. The van der Waals surface area contributed by atoms with E-state index in [4.69, 9.17) is 10.2 Å². The molecular formula is C21H25N5O4. The second kappa shape index (κ2) is 8.81. The van der Waals surface area contributed by atoms with Crippen LogP contribution in [0.5, 0.6) is 0 Å². The lowest BCUT2D eigenvalue weighted by atomic mass is 10.2. The summed E-state index contributed by atoms with van der Waals surface area (Å²) >= 11 is 0. The summed E-state index contributed by atoms with van der Waals surface area (Å²) in [5.74, 6) is 0.508. The lowest BCUT2D eigenvalue weighted by Crippen LogP contribution is -2.39. The Balaban J connectivity index is 1.88. The molecule has 3 aromatic rings. The molecule has 158 valence electrons. The summed E-state index contributed by atoms with van der Waals surface area (Å²) in [6.45, 7) is 4.07.